The molecule has 1 aromatic rings. The predicted octanol–water partition coefficient (Wildman–Crippen LogP) is 2.30. The van der Waals surface area contributed by atoms with E-state index in [9.17, 15) is 9.59 Å². The van der Waals surface area contributed by atoms with Crippen LogP contribution in [0.1, 0.15) is 30.9 Å². The quantitative estimate of drug-likeness (QED) is 0.866. The maximum absolute atomic E-state index is 12.3. The molecule has 1 aliphatic heterocycles. The standard InChI is InChI=1S/C15H19NO3S/c1-19-15(18)13(11-7-3-2-4-8-11)16-14(17)12-9-5-6-10-20-12/h2-4,7-8,12-13H,5-6,9-10H2,1H3,(H,16,17). The van der Waals surface area contributed by atoms with Crippen molar-refractivity contribution in [3.63, 3.8) is 0 Å². The maximum Gasteiger partial charge on any atom is 0.333 e. The third-order valence-corrected chi connectivity index (χ3v) is 4.71. The van der Waals surface area contributed by atoms with Gasteiger partial charge in [0.15, 0.2) is 6.04 Å². The Labute approximate surface area is 123 Å². The van der Waals surface area contributed by atoms with Gasteiger partial charge in [0.2, 0.25) is 5.91 Å². The van der Waals surface area contributed by atoms with E-state index in [1.807, 2.05) is 30.3 Å². The van der Waals surface area contributed by atoms with Gasteiger partial charge in [-0.1, -0.05) is 36.8 Å². The van der Waals surface area contributed by atoms with E-state index in [1.54, 1.807) is 11.8 Å². The third-order valence-electron chi connectivity index (χ3n) is 3.33. The summed E-state index contributed by atoms with van der Waals surface area (Å²) in [5, 5.41) is 2.76. The van der Waals surface area contributed by atoms with Gasteiger partial charge in [0.05, 0.1) is 12.4 Å². The lowest BCUT2D eigenvalue weighted by Crippen LogP contribution is -2.40. The van der Waals surface area contributed by atoms with Gasteiger partial charge in [0.25, 0.3) is 0 Å². The topological polar surface area (TPSA) is 55.4 Å². The number of benzene rings is 1. The molecular weight excluding hydrogens is 274 g/mol. The van der Waals surface area contributed by atoms with Crippen molar-refractivity contribution in [3.8, 4) is 0 Å². The number of carbonyl (C=O) groups is 2. The van der Waals surface area contributed by atoms with E-state index in [1.165, 1.54) is 7.11 Å². The molecule has 0 aliphatic carbocycles. The van der Waals surface area contributed by atoms with Crippen LogP contribution in [0.4, 0.5) is 0 Å². The van der Waals surface area contributed by atoms with E-state index in [-0.39, 0.29) is 11.2 Å². The predicted molar refractivity (Wildman–Crippen MR) is 79.4 cm³/mol. The Morgan fingerprint density at radius 3 is 2.65 bits per heavy atom. The van der Waals surface area contributed by atoms with Gasteiger partial charge in [-0.2, -0.15) is 0 Å². The Morgan fingerprint density at radius 2 is 2.05 bits per heavy atom. The van der Waals surface area contributed by atoms with Crippen LogP contribution < -0.4 is 5.32 Å². The summed E-state index contributed by atoms with van der Waals surface area (Å²) >= 11 is 1.66. The lowest BCUT2D eigenvalue weighted by atomic mass is 10.1. The number of hydrogen-bond donors (Lipinski definition) is 1. The van der Waals surface area contributed by atoms with Crippen LogP contribution in [0.2, 0.25) is 0 Å². The number of hydrogen-bond acceptors (Lipinski definition) is 4. The number of carbonyl (C=O) groups excluding carboxylic acids is 2. The molecule has 4 nitrogen and oxygen atoms in total. The minimum atomic E-state index is -0.726. The average Bonchev–Trinajstić information content (AvgIpc) is 2.53. The molecule has 1 N–H and O–H groups in total. The first-order chi connectivity index (χ1) is 9.72. The van der Waals surface area contributed by atoms with Gasteiger partial charge >= 0.3 is 5.97 Å². The van der Waals surface area contributed by atoms with Crippen molar-refractivity contribution >= 4 is 23.6 Å². The highest BCUT2D eigenvalue weighted by molar-refractivity contribution is 8.00. The highest BCUT2D eigenvalue weighted by Crippen LogP contribution is 2.26. The van der Waals surface area contributed by atoms with Gasteiger partial charge in [-0.3, -0.25) is 4.79 Å². The SMILES string of the molecule is COC(=O)C(NC(=O)C1CCCCS1)c1ccccc1. The van der Waals surface area contributed by atoms with Gasteiger partial charge < -0.3 is 10.1 Å². The van der Waals surface area contributed by atoms with Crippen molar-refractivity contribution in [3.05, 3.63) is 35.9 Å². The molecule has 5 heteroatoms. The lowest BCUT2D eigenvalue weighted by molar-refractivity contribution is -0.145. The monoisotopic (exact) mass is 293 g/mol. The number of amides is 1. The van der Waals surface area contributed by atoms with Crippen LogP contribution in [0, 0.1) is 0 Å². The lowest BCUT2D eigenvalue weighted by Gasteiger charge is -2.23. The van der Waals surface area contributed by atoms with E-state index in [2.05, 4.69) is 5.32 Å². The van der Waals surface area contributed by atoms with E-state index in [4.69, 9.17) is 4.74 Å². The molecule has 2 atom stereocenters. The number of esters is 1. The summed E-state index contributed by atoms with van der Waals surface area (Å²) in [6.45, 7) is 0. The average molecular weight is 293 g/mol. The van der Waals surface area contributed by atoms with Crippen molar-refractivity contribution in [2.45, 2.75) is 30.6 Å². The fourth-order valence-corrected chi connectivity index (χ4v) is 3.43. The van der Waals surface area contributed by atoms with Crippen LogP contribution in [0.5, 0.6) is 0 Å². The molecule has 108 valence electrons. The minimum Gasteiger partial charge on any atom is -0.467 e. The minimum absolute atomic E-state index is 0.0559. The van der Waals surface area contributed by atoms with Crippen molar-refractivity contribution in [2.24, 2.45) is 0 Å². The molecule has 1 fully saturated rings. The zero-order valence-electron chi connectivity index (χ0n) is 11.5. The van der Waals surface area contributed by atoms with Gasteiger partial charge in [0, 0.05) is 0 Å². The van der Waals surface area contributed by atoms with Crippen LogP contribution in [0.3, 0.4) is 0 Å². The number of methoxy groups -OCH3 is 1. The first kappa shape index (κ1) is 14.9. The summed E-state index contributed by atoms with van der Waals surface area (Å²) in [7, 11) is 1.33. The Morgan fingerprint density at radius 1 is 1.30 bits per heavy atom. The summed E-state index contributed by atoms with van der Waals surface area (Å²) in [6, 6.07) is 8.46. The van der Waals surface area contributed by atoms with E-state index >= 15 is 0 Å². The normalized spacial score (nSPS) is 19.9. The van der Waals surface area contributed by atoms with Gasteiger partial charge in [-0.25, -0.2) is 4.79 Å². The number of ether oxygens (including phenoxy) is 1. The summed E-state index contributed by atoms with van der Waals surface area (Å²) in [5.41, 5.74) is 0.744. The highest BCUT2D eigenvalue weighted by atomic mass is 32.2. The van der Waals surface area contributed by atoms with E-state index in [0.717, 1.165) is 30.6 Å². The number of thioether (sulfide) groups is 1. The number of nitrogens with one attached hydrogen (secondary N) is 1. The van der Waals surface area contributed by atoms with Crippen LogP contribution in [-0.2, 0) is 14.3 Å². The molecule has 1 saturated heterocycles. The summed E-state index contributed by atoms with van der Waals surface area (Å²) in [5.74, 6) is 0.492. The van der Waals surface area contributed by atoms with Crippen LogP contribution in [0.25, 0.3) is 0 Å². The molecule has 0 spiro atoms. The highest BCUT2D eigenvalue weighted by Gasteiger charge is 2.28. The Hall–Kier alpha value is -1.49. The first-order valence-electron chi connectivity index (χ1n) is 6.77. The van der Waals surface area contributed by atoms with Crippen LogP contribution in [0.15, 0.2) is 30.3 Å². The zero-order chi connectivity index (χ0) is 14.4. The molecule has 2 rings (SSSR count). The van der Waals surface area contributed by atoms with Crippen molar-refractivity contribution in [2.75, 3.05) is 12.9 Å². The largest absolute Gasteiger partial charge is 0.467 e. The summed E-state index contributed by atoms with van der Waals surface area (Å²) in [4.78, 5) is 24.1. The molecule has 1 heterocycles. The van der Waals surface area contributed by atoms with Crippen molar-refractivity contribution < 1.29 is 14.3 Å². The molecule has 1 amide bonds. The number of rotatable bonds is 4. The van der Waals surface area contributed by atoms with Gasteiger partial charge in [0.1, 0.15) is 0 Å². The molecule has 0 saturated carbocycles. The second kappa shape index (κ2) is 7.33. The molecule has 0 bridgehead atoms. The summed E-state index contributed by atoms with van der Waals surface area (Å²) in [6.07, 6.45) is 3.10. The second-order valence-electron chi connectivity index (χ2n) is 4.73. The first-order valence-corrected chi connectivity index (χ1v) is 7.82. The van der Waals surface area contributed by atoms with E-state index in [0.29, 0.717) is 0 Å². The Kier molecular flexibility index (Phi) is 5.47. The van der Waals surface area contributed by atoms with Crippen LogP contribution in [-0.4, -0.2) is 30.0 Å². The molecule has 1 aromatic carbocycles. The molecule has 2 unspecified atom stereocenters. The fraction of sp³-hybridized carbons (Fsp3) is 0.467. The van der Waals surface area contributed by atoms with Crippen molar-refractivity contribution in [1.29, 1.82) is 0 Å². The molecular formula is C15H19NO3S. The maximum atomic E-state index is 12.3. The Bertz CT molecular complexity index is 457. The zero-order valence-corrected chi connectivity index (χ0v) is 12.3. The van der Waals surface area contributed by atoms with Crippen LogP contribution >= 0.6 is 11.8 Å². The molecule has 0 radical (unpaired) electrons. The fourth-order valence-electron chi connectivity index (χ4n) is 2.22. The third kappa shape index (κ3) is 3.76. The molecule has 20 heavy (non-hydrogen) atoms. The van der Waals surface area contributed by atoms with Crippen molar-refractivity contribution in [1.82, 2.24) is 5.32 Å². The second-order valence-corrected chi connectivity index (χ2v) is 6.04. The summed E-state index contributed by atoms with van der Waals surface area (Å²) < 4.78 is 4.79. The van der Waals surface area contributed by atoms with E-state index < -0.39 is 12.0 Å². The van der Waals surface area contributed by atoms with Gasteiger partial charge in [-0.15, -0.1) is 11.8 Å². The smallest absolute Gasteiger partial charge is 0.333 e. The molecule has 1 aliphatic rings. The van der Waals surface area contributed by atoms with Gasteiger partial charge in [-0.05, 0) is 24.2 Å². The Balaban J connectivity index is 2.08. The molecule has 0 aromatic heterocycles.